The summed E-state index contributed by atoms with van der Waals surface area (Å²) in [7, 11) is 0. The lowest BCUT2D eigenvalue weighted by Crippen LogP contribution is -2.14. The maximum Gasteiger partial charge on any atom is 0.259 e. The summed E-state index contributed by atoms with van der Waals surface area (Å²) < 4.78 is 18.6. The van der Waals surface area contributed by atoms with E-state index < -0.39 is 11.7 Å². The molecule has 0 saturated carbocycles. The van der Waals surface area contributed by atoms with Gasteiger partial charge < -0.3 is 5.32 Å². The van der Waals surface area contributed by atoms with Gasteiger partial charge in [-0.3, -0.25) is 4.79 Å². The molecule has 0 atom stereocenters. The molecule has 0 unspecified atom stereocenters. The summed E-state index contributed by atoms with van der Waals surface area (Å²) in [5.74, 6) is -1.02. The van der Waals surface area contributed by atoms with Crippen LogP contribution in [0.1, 0.15) is 35.3 Å². The first-order chi connectivity index (χ1) is 12.1. The summed E-state index contributed by atoms with van der Waals surface area (Å²) in [6.07, 6.45) is 1.67. The number of aryl methyl sites for hydroxylation is 2. The van der Waals surface area contributed by atoms with E-state index in [1.165, 1.54) is 18.2 Å². The average molecular weight is 339 g/mol. The van der Waals surface area contributed by atoms with E-state index >= 15 is 0 Å². The zero-order valence-corrected chi connectivity index (χ0v) is 14.0. The van der Waals surface area contributed by atoms with Crippen LogP contribution in [0.5, 0.6) is 0 Å². The number of aromatic nitrogens is 2. The lowest BCUT2D eigenvalue weighted by atomic mass is 9.98. The van der Waals surface area contributed by atoms with Crippen LogP contribution in [0.4, 0.5) is 10.2 Å². The molecule has 25 heavy (non-hydrogen) atoms. The van der Waals surface area contributed by atoms with Gasteiger partial charge in [0, 0.05) is 5.56 Å². The molecule has 0 spiro atoms. The number of carbonyl (C=O) groups is 1. The van der Waals surface area contributed by atoms with Gasteiger partial charge in [0.25, 0.3) is 5.91 Å². The smallest absolute Gasteiger partial charge is 0.259 e. The molecule has 5 nitrogen and oxygen atoms in total. The fourth-order valence-electron chi connectivity index (χ4n) is 2.64. The maximum atomic E-state index is 13.8. The van der Waals surface area contributed by atoms with Crippen LogP contribution in [-0.4, -0.2) is 16.2 Å². The van der Waals surface area contributed by atoms with Crippen molar-refractivity contribution in [2.24, 2.45) is 0 Å². The maximum absolute atomic E-state index is 13.8. The Balaban J connectivity index is 1.96. The molecule has 2 aromatic carbocycles. The molecule has 3 rings (SSSR count). The molecule has 1 heterocycles. The number of anilines is 1. The molecule has 0 aliphatic heterocycles. The summed E-state index contributed by atoms with van der Waals surface area (Å²) in [5, 5.41) is 10.3. The van der Waals surface area contributed by atoms with Crippen LogP contribution in [0.15, 0.2) is 47.1 Å². The Morgan fingerprint density at radius 2 is 1.92 bits per heavy atom. The first-order valence-electron chi connectivity index (χ1n) is 8.14. The molecule has 3 aromatic rings. The highest BCUT2D eigenvalue weighted by Gasteiger charge is 2.20. The van der Waals surface area contributed by atoms with Gasteiger partial charge in [-0.1, -0.05) is 38.1 Å². The monoisotopic (exact) mass is 339 g/mol. The Labute approximate surface area is 144 Å². The first kappa shape index (κ1) is 16.8. The number of benzene rings is 2. The molecule has 0 radical (unpaired) electrons. The Kier molecular flexibility index (Phi) is 4.88. The van der Waals surface area contributed by atoms with Crippen molar-refractivity contribution in [2.75, 3.05) is 5.32 Å². The minimum absolute atomic E-state index is 0.0607. The number of carbonyl (C=O) groups excluding carboxylic acids is 1. The van der Waals surface area contributed by atoms with Crippen molar-refractivity contribution in [3.63, 3.8) is 0 Å². The molecule has 0 bridgehead atoms. The molecule has 1 aromatic heterocycles. The number of hydrogen-bond donors (Lipinski definition) is 1. The van der Waals surface area contributed by atoms with E-state index in [4.69, 9.17) is 4.63 Å². The minimum Gasteiger partial charge on any atom is -0.302 e. The number of halogens is 1. The molecule has 1 amide bonds. The van der Waals surface area contributed by atoms with E-state index in [1.807, 2.05) is 19.1 Å². The molecule has 0 aliphatic carbocycles. The predicted octanol–water partition coefficient (Wildman–Crippen LogP) is 4.25. The van der Waals surface area contributed by atoms with Crippen LogP contribution in [0, 0.1) is 5.82 Å². The van der Waals surface area contributed by atoms with Crippen molar-refractivity contribution in [1.29, 1.82) is 0 Å². The van der Waals surface area contributed by atoms with Crippen LogP contribution < -0.4 is 5.32 Å². The van der Waals surface area contributed by atoms with Crippen LogP contribution in [0.3, 0.4) is 0 Å². The average Bonchev–Trinajstić information content (AvgIpc) is 3.09. The second kappa shape index (κ2) is 7.25. The van der Waals surface area contributed by atoms with Gasteiger partial charge in [-0.05, 0) is 52.5 Å². The zero-order chi connectivity index (χ0) is 17.8. The van der Waals surface area contributed by atoms with E-state index in [1.54, 1.807) is 6.07 Å². The number of hydrogen-bond acceptors (Lipinski definition) is 4. The standard InChI is InChI=1S/C19H18FN3O2/c1-3-12-9-10-13(4-2)15(11-12)17-18(23-25-22-17)21-19(24)14-7-5-6-8-16(14)20/h5-11H,3-4H2,1-2H3,(H,21,23,24). The van der Waals surface area contributed by atoms with Crippen molar-refractivity contribution in [1.82, 2.24) is 10.3 Å². The molecule has 6 heteroatoms. The summed E-state index contributed by atoms with van der Waals surface area (Å²) in [4.78, 5) is 12.3. The normalized spacial score (nSPS) is 10.7. The van der Waals surface area contributed by atoms with E-state index in [9.17, 15) is 9.18 Å². The third kappa shape index (κ3) is 3.42. The zero-order valence-electron chi connectivity index (χ0n) is 14.0. The highest BCUT2D eigenvalue weighted by Crippen LogP contribution is 2.29. The van der Waals surface area contributed by atoms with E-state index in [2.05, 4.69) is 28.6 Å². The largest absolute Gasteiger partial charge is 0.302 e. The number of rotatable bonds is 5. The number of nitrogens with zero attached hydrogens (tertiary/aromatic N) is 2. The first-order valence-corrected chi connectivity index (χ1v) is 8.14. The van der Waals surface area contributed by atoms with E-state index in [0.29, 0.717) is 5.69 Å². The van der Waals surface area contributed by atoms with Gasteiger partial charge in [0.05, 0.1) is 5.56 Å². The highest BCUT2D eigenvalue weighted by molar-refractivity contribution is 6.05. The Bertz CT molecular complexity index is 905. The molecule has 0 saturated heterocycles. The van der Waals surface area contributed by atoms with Crippen molar-refractivity contribution in [3.05, 3.63) is 65.0 Å². The van der Waals surface area contributed by atoms with Gasteiger partial charge in [0.2, 0.25) is 5.82 Å². The van der Waals surface area contributed by atoms with Crippen LogP contribution in [0.25, 0.3) is 11.3 Å². The summed E-state index contributed by atoms with van der Waals surface area (Å²) in [6, 6.07) is 11.9. The van der Waals surface area contributed by atoms with Crippen LogP contribution >= 0.6 is 0 Å². The lowest BCUT2D eigenvalue weighted by Gasteiger charge is -2.09. The molecule has 0 aliphatic rings. The predicted molar refractivity (Wildman–Crippen MR) is 92.8 cm³/mol. The Morgan fingerprint density at radius 3 is 2.64 bits per heavy atom. The van der Waals surface area contributed by atoms with Crippen molar-refractivity contribution >= 4 is 11.7 Å². The fourth-order valence-corrected chi connectivity index (χ4v) is 2.64. The van der Waals surface area contributed by atoms with Crippen molar-refractivity contribution < 1.29 is 13.8 Å². The third-order valence-electron chi connectivity index (χ3n) is 4.06. The summed E-state index contributed by atoms with van der Waals surface area (Å²) >= 11 is 0. The van der Waals surface area contributed by atoms with Crippen LogP contribution in [0.2, 0.25) is 0 Å². The van der Waals surface area contributed by atoms with Crippen molar-refractivity contribution in [3.8, 4) is 11.3 Å². The van der Waals surface area contributed by atoms with Gasteiger partial charge in [-0.2, -0.15) is 0 Å². The number of nitrogens with one attached hydrogen (secondary N) is 1. The molecule has 1 N–H and O–H groups in total. The van der Waals surface area contributed by atoms with Gasteiger partial charge >= 0.3 is 0 Å². The number of amides is 1. The molecule has 0 fully saturated rings. The molecular formula is C19H18FN3O2. The second-order valence-electron chi connectivity index (χ2n) is 5.59. The third-order valence-corrected chi connectivity index (χ3v) is 4.06. The molecule has 128 valence electrons. The van der Waals surface area contributed by atoms with Gasteiger partial charge in [-0.15, -0.1) is 0 Å². The molecular weight excluding hydrogens is 321 g/mol. The Hall–Kier alpha value is -3.02. The second-order valence-corrected chi connectivity index (χ2v) is 5.59. The SMILES string of the molecule is CCc1ccc(CC)c(-c2nonc2NC(=O)c2ccccc2F)c1. The van der Waals surface area contributed by atoms with E-state index in [0.717, 1.165) is 29.5 Å². The van der Waals surface area contributed by atoms with Gasteiger partial charge in [0.15, 0.2) is 5.69 Å². The quantitative estimate of drug-likeness (QED) is 0.754. The van der Waals surface area contributed by atoms with Gasteiger partial charge in [-0.25, -0.2) is 9.02 Å². The van der Waals surface area contributed by atoms with Gasteiger partial charge in [0.1, 0.15) is 5.82 Å². The topological polar surface area (TPSA) is 68.0 Å². The lowest BCUT2D eigenvalue weighted by molar-refractivity contribution is 0.102. The summed E-state index contributed by atoms with van der Waals surface area (Å²) in [6.45, 7) is 4.10. The van der Waals surface area contributed by atoms with Crippen molar-refractivity contribution in [2.45, 2.75) is 26.7 Å². The van der Waals surface area contributed by atoms with Crippen LogP contribution in [-0.2, 0) is 12.8 Å². The summed E-state index contributed by atoms with van der Waals surface area (Å²) in [5.41, 5.74) is 3.44. The Morgan fingerprint density at radius 1 is 1.12 bits per heavy atom. The highest BCUT2D eigenvalue weighted by atomic mass is 19.1. The minimum atomic E-state index is -0.597. The van der Waals surface area contributed by atoms with E-state index in [-0.39, 0.29) is 11.4 Å². The fraction of sp³-hybridized carbons (Fsp3) is 0.211.